The number of halogens is 3. The maximum atomic E-state index is 13.4. The van der Waals surface area contributed by atoms with Crippen molar-refractivity contribution in [3.05, 3.63) is 28.2 Å². The quantitative estimate of drug-likeness (QED) is 0.798. The Morgan fingerprint density at radius 3 is 2.56 bits per heavy atom. The third-order valence-electron chi connectivity index (χ3n) is 2.20. The molecule has 0 saturated carbocycles. The van der Waals surface area contributed by atoms with Gasteiger partial charge in [0.1, 0.15) is 16.5 Å². The third kappa shape index (κ3) is 3.71. The molecule has 0 aliphatic rings. The third-order valence-corrected chi connectivity index (χ3v) is 4.24. The molecule has 0 radical (unpaired) electrons. The zero-order valence-corrected chi connectivity index (χ0v) is 11.9. The second kappa shape index (κ2) is 6.05. The predicted octanol–water partition coefficient (Wildman–Crippen LogP) is 1.63. The van der Waals surface area contributed by atoms with E-state index in [2.05, 4.69) is 20.7 Å². The van der Waals surface area contributed by atoms with E-state index < -0.39 is 26.6 Å². The number of hydrogen-bond donors (Lipinski definition) is 2. The normalized spacial score (nSPS) is 13.6. The Kier molecular flexibility index (Phi) is 5.20. The number of hydrogen-bond acceptors (Lipinski definition) is 3. The molecule has 0 heterocycles. The van der Waals surface area contributed by atoms with E-state index in [0.29, 0.717) is 6.07 Å². The fraction of sp³-hybridized carbons (Fsp3) is 0.400. The molecule has 1 unspecified atom stereocenters. The summed E-state index contributed by atoms with van der Waals surface area (Å²) in [5, 5.41) is 8.77. The van der Waals surface area contributed by atoms with Crippen LogP contribution in [0, 0.1) is 17.6 Å². The first-order valence-electron chi connectivity index (χ1n) is 5.03. The van der Waals surface area contributed by atoms with Crippen LogP contribution in [0.4, 0.5) is 8.78 Å². The van der Waals surface area contributed by atoms with E-state index in [1.54, 1.807) is 6.92 Å². The fourth-order valence-corrected chi connectivity index (χ4v) is 2.85. The molecule has 4 nitrogen and oxygen atoms in total. The lowest BCUT2D eigenvalue weighted by Crippen LogP contribution is -2.30. The van der Waals surface area contributed by atoms with Crippen LogP contribution in [-0.4, -0.2) is 26.7 Å². The molecule has 18 heavy (non-hydrogen) atoms. The molecule has 0 fully saturated rings. The van der Waals surface area contributed by atoms with E-state index in [0.717, 1.165) is 6.07 Å². The standard InChI is InChI=1S/C10H12BrF2NO3S/c1-6(5-15)4-14-18(16,17)10-2-7(11)8(12)3-9(10)13/h2-3,6,14-15H,4-5H2,1H3. The summed E-state index contributed by atoms with van der Waals surface area (Å²) >= 11 is 2.79. The van der Waals surface area contributed by atoms with Gasteiger partial charge in [-0.3, -0.25) is 0 Å². The lowest BCUT2D eigenvalue weighted by molar-refractivity contribution is 0.238. The van der Waals surface area contributed by atoms with E-state index in [1.165, 1.54) is 0 Å². The van der Waals surface area contributed by atoms with Crippen molar-refractivity contribution in [2.45, 2.75) is 11.8 Å². The molecule has 0 aliphatic heterocycles. The highest BCUT2D eigenvalue weighted by Crippen LogP contribution is 2.23. The molecule has 0 aromatic heterocycles. The highest BCUT2D eigenvalue weighted by atomic mass is 79.9. The van der Waals surface area contributed by atoms with Crippen molar-refractivity contribution in [3.8, 4) is 0 Å². The van der Waals surface area contributed by atoms with Gasteiger partial charge in [0.25, 0.3) is 0 Å². The smallest absolute Gasteiger partial charge is 0.243 e. The van der Waals surface area contributed by atoms with Crippen molar-refractivity contribution in [1.82, 2.24) is 4.72 Å². The van der Waals surface area contributed by atoms with Crippen molar-refractivity contribution in [2.24, 2.45) is 5.92 Å². The molecule has 8 heteroatoms. The van der Waals surface area contributed by atoms with Crippen LogP contribution in [0.2, 0.25) is 0 Å². The lowest BCUT2D eigenvalue weighted by Gasteiger charge is -2.11. The second-order valence-corrected chi connectivity index (χ2v) is 6.43. The number of rotatable bonds is 5. The SMILES string of the molecule is CC(CO)CNS(=O)(=O)c1cc(Br)c(F)cc1F. The number of sulfonamides is 1. The number of nitrogens with one attached hydrogen (secondary N) is 1. The maximum absolute atomic E-state index is 13.4. The number of benzene rings is 1. The molecule has 2 N–H and O–H groups in total. The van der Waals surface area contributed by atoms with Gasteiger partial charge in [0.15, 0.2) is 0 Å². The minimum absolute atomic E-state index is 0.0345. The highest BCUT2D eigenvalue weighted by molar-refractivity contribution is 9.10. The largest absolute Gasteiger partial charge is 0.396 e. The molecule has 0 bridgehead atoms. The van der Waals surface area contributed by atoms with Gasteiger partial charge in [-0.25, -0.2) is 21.9 Å². The molecular formula is C10H12BrF2NO3S. The monoisotopic (exact) mass is 343 g/mol. The van der Waals surface area contributed by atoms with Crippen molar-refractivity contribution in [1.29, 1.82) is 0 Å². The van der Waals surface area contributed by atoms with Crippen LogP contribution in [0.5, 0.6) is 0 Å². The molecule has 1 aromatic rings. The summed E-state index contributed by atoms with van der Waals surface area (Å²) in [4.78, 5) is -0.638. The van der Waals surface area contributed by atoms with Crippen LogP contribution in [-0.2, 0) is 10.0 Å². The summed E-state index contributed by atoms with van der Waals surface area (Å²) in [5.74, 6) is -2.35. The predicted molar refractivity (Wildman–Crippen MR) is 65.5 cm³/mol. The average molecular weight is 344 g/mol. The number of aliphatic hydroxyl groups excluding tert-OH is 1. The summed E-state index contributed by atoms with van der Waals surface area (Å²) in [7, 11) is -4.07. The van der Waals surface area contributed by atoms with Crippen molar-refractivity contribution >= 4 is 26.0 Å². The van der Waals surface area contributed by atoms with Crippen LogP contribution in [0.15, 0.2) is 21.5 Å². The molecule has 0 amide bonds. The van der Waals surface area contributed by atoms with Crippen molar-refractivity contribution in [2.75, 3.05) is 13.2 Å². The first-order valence-corrected chi connectivity index (χ1v) is 7.30. The Bertz CT molecular complexity index is 536. The van der Waals surface area contributed by atoms with Gasteiger partial charge < -0.3 is 5.11 Å². The van der Waals surface area contributed by atoms with E-state index in [9.17, 15) is 17.2 Å². The van der Waals surface area contributed by atoms with E-state index in [-0.39, 0.29) is 23.5 Å². The highest BCUT2D eigenvalue weighted by Gasteiger charge is 2.21. The van der Waals surface area contributed by atoms with Gasteiger partial charge in [0.05, 0.1) is 4.47 Å². The van der Waals surface area contributed by atoms with Crippen LogP contribution < -0.4 is 4.72 Å². The molecule has 0 aliphatic carbocycles. The first kappa shape index (κ1) is 15.5. The summed E-state index contributed by atoms with van der Waals surface area (Å²) in [6, 6.07) is 1.35. The molecule has 0 saturated heterocycles. The minimum Gasteiger partial charge on any atom is -0.396 e. The summed E-state index contributed by atoms with van der Waals surface area (Å²) in [6.07, 6.45) is 0. The summed E-state index contributed by atoms with van der Waals surface area (Å²) in [6.45, 7) is 1.39. The Hall–Kier alpha value is -0.570. The molecular weight excluding hydrogens is 332 g/mol. The summed E-state index contributed by atoms with van der Waals surface area (Å²) in [5.41, 5.74) is 0. The zero-order chi connectivity index (χ0) is 13.9. The van der Waals surface area contributed by atoms with Crippen LogP contribution in [0.1, 0.15) is 6.92 Å². The Labute approximate surface area is 112 Å². The Balaban J connectivity index is 3.02. The molecule has 1 rings (SSSR count). The molecule has 102 valence electrons. The van der Waals surface area contributed by atoms with E-state index in [1.807, 2.05) is 0 Å². The van der Waals surface area contributed by atoms with Gasteiger partial charge >= 0.3 is 0 Å². The molecule has 1 atom stereocenters. The van der Waals surface area contributed by atoms with E-state index >= 15 is 0 Å². The number of aliphatic hydroxyl groups is 1. The van der Waals surface area contributed by atoms with Gasteiger partial charge in [-0.2, -0.15) is 0 Å². The van der Waals surface area contributed by atoms with Crippen molar-refractivity contribution in [3.63, 3.8) is 0 Å². The zero-order valence-electron chi connectivity index (χ0n) is 9.45. The van der Waals surface area contributed by atoms with Gasteiger partial charge in [0, 0.05) is 19.2 Å². The second-order valence-electron chi connectivity index (χ2n) is 3.84. The molecule has 0 spiro atoms. The van der Waals surface area contributed by atoms with Crippen LogP contribution in [0.3, 0.4) is 0 Å². The van der Waals surface area contributed by atoms with Crippen LogP contribution >= 0.6 is 15.9 Å². The fourth-order valence-electron chi connectivity index (χ4n) is 1.10. The summed E-state index contributed by atoms with van der Waals surface area (Å²) < 4.78 is 51.9. The molecule has 1 aromatic carbocycles. The van der Waals surface area contributed by atoms with Crippen molar-refractivity contribution < 1.29 is 22.3 Å². The van der Waals surface area contributed by atoms with Crippen LogP contribution in [0.25, 0.3) is 0 Å². The van der Waals surface area contributed by atoms with Gasteiger partial charge in [-0.05, 0) is 27.9 Å². The lowest BCUT2D eigenvalue weighted by atomic mass is 10.2. The topological polar surface area (TPSA) is 66.4 Å². The van der Waals surface area contributed by atoms with Gasteiger partial charge in [-0.1, -0.05) is 6.92 Å². The van der Waals surface area contributed by atoms with Gasteiger partial charge in [-0.15, -0.1) is 0 Å². The first-order chi connectivity index (χ1) is 8.27. The van der Waals surface area contributed by atoms with E-state index in [4.69, 9.17) is 5.11 Å². The average Bonchev–Trinajstić information content (AvgIpc) is 2.30. The Morgan fingerprint density at radius 2 is 2.00 bits per heavy atom. The maximum Gasteiger partial charge on any atom is 0.243 e. The minimum atomic E-state index is -4.07. The Morgan fingerprint density at radius 1 is 1.39 bits per heavy atom. The van der Waals surface area contributed by atoms with Gasteiger partial charge in [0.2, 0.25) is 10.0 Å².